The highest BCUT2D eigenvalue weighted by Gasteiger charge is 2.26. The van der Waals surface area contributed by atoms with Crippen LogP contribution >= 0.6 is 0 Å². The molecule has 1 aromatic heterocycles. The van der Waals surface area contributed by atoms with Gasteiger partial charge in [0, 0.05) is 18.3 Å². The van der Waals surface area contributed by atoms with Crippen molar-refractivity contribution in [2.24, 2.45) is 0 Å². The molecule has 1 aromatic carbocycles. The summed E-state index contributed by atoms with van der Waals surface area (Å²) < 4.78 is 0. The molecule has 1 aliphatic rings. The number of H-pyrrole nitrogens is 1. The van der Waals surface area contributed by atoms with Crippen molar-refractivity contribution >= 4 is 17.4 Å². The number of para-hydroxylation sites is 1. The average Bonchev–Trinajstić information content (AvgIpc) is 2.91. The molecule has 1 unspecified atom stereocenters. The summed E-state index contributed by atoms with van der Waals surface area (Å²) in [5.41, 5.74) is 2.11. The van der Waals surface area contributed by atoms with Gasteiger partial charge in [0.05, 0.1) is 12.1 Å². The Morgan fingerprint density at radius 3 is 3.06 bits per heavy atom. The van der Waals surface area contributed by atoms with Gasteiger partial charge in [-0.3, -0.25) is 9.89 Å². The molecule has 0 spiro atoms. The molecule has 0 radical (unpaired) electrons. The summed E-state index contributed by atoms with van der Waals surface area (Å²) in [6.45, 7) is 0.818. The number of benzene rings is 1. The molecule has 1 atom stereocenters. The fraction of sp³-hybridized carbons (Fsp3) is 0.231. The van der Waals surface area contributed by atoms with Crippen molar-refractivity contribution in [2.45, 2.75) is 12.3 Å². The van der Waals surface area contributed by atoms with Gasteiger partial charge in [0.1, 0.15) is 5.82 Å². The highest BCUT2D eigenvalue weighted by molar-refractivity contribution is 5.96. The summed E-state index contributed by atoms with van der Waals surface area (Å²) in [6.07, 6.45) is 2.42. The van der Waals surface area contributed by atoms with Crippen LogP contribution in [0.1, 0.15) is 17.9 Å². The Bertz CT molecular complexity index is 550. The maximum Gasteiger partial charge on any atom is 0.233 e. The lowest BCUT2D eigenvalue weighted by molar-refractivity contribution is -0.117. The highest BCUT2D eigenvalue weighted by Crippen LogP contribution is 2.31. The third-order valence-corrected chi connectivity index (χ3v) is 3.16. The molecule has 0 saturated carbocycles. The van der Waals surface area contributed by atoms with E-state index in [1.165, 1.54) is 0 Å². The molecule has 3 rings (SSSR count). The number of carbonyl (C=O) groups is 1. The van der Waals surface area contributed by atoms with E-state index in [0.717, 1.165) is 24.2 Å². The van der Waals surface area contributed by atoms with E-state index < -0.39 is 0 Å². The van der Waals surface area contributed by atoms with Crippen molar-refractivity contribution in [3.8, 4) is 0 Å². The molecule has 18 heavy (non-hydrogen) atoms. The van der Waals surface area contributed by atoms with Gasteiger partial charge in [0.15, 0.2) is 0 Å². The van der Waals surface area contributed by atoms with E-state index in [-0.39, 0.29) is 11.8 Å². The zero-order chi connectivity index (χ0) is 12.4. The third kappa shape index (κ3) is 1.95. The molecule has 0 fully saturated rings. The Morgan fingerprint density at radius 1 is 1.33 bits per heavy atom. The van der Waals surface area contributed by atoms with Crippen LogP contribution in [0, 0.1) is 0 Å². The Kier molecular flexibility index (Phi) is 2.72. The topological polar surface area (TPSA) is 69.8 Å². The number of aromatic amines is 1. The van der Waals surface area contributed by atoms with Crippen LogP contribution in [0.3, 0.4) is 0 Å². The van der Waals surface area contributed by atoms with Crippen molar-refractivity contribution in [1.29, 1.82) is 0 Å². The summed E-state index contributed by atoms with van der Waals surface area (Å²) in [4.78, 5) is 12.2. The standard InChI is InChI=1S/C13H14N4O/c18-13(16-12-6-8-15-17-12)10-5-7-14-11-4-2-1-3-9(10)11/h1-4,6,8,10,14H,5,7H2,(H2,15,16,17,18). The van der Waals surface area contributed by atoms with Crippen LogP contribution in [0.15, 0.2) is 36.5 Å². The van der Waals surface area contributed by atoms with E-state index in [4.69, 9.17) is 0 Å². The molecule has 5 nitrogen and oxygen atoms in total. The highest BCUT2D eigenvalue weighted by atomic mass is 16.2. The molecular formula is C13H14N4O. The van der Waals surface area contributed by atoms with Crippen molar-refractivity contribution in [3.63, 3.8) is 0 Å². The van der Waals surface area contributed by atoms with E-state index in [1.54, 1.807) is 12.3 Å². The normalized spacial score (nSPS) is 17.7. The number of fused-ring (bicyclic) bond motifs is 1. The van der Waals surface area contributed by atoms with Gasteiger partial charge in [-0.15, -0.1) is 0 Å². The monoisotopic (exact) mass is 242 g/mol. The van der Waals surface area contributed by atoms with Crippen molar-refractivity contribution in [2.75, 3.05) is 17.2 Å². The summed E-state index contributed by atoms with van der Waals surface area (Å²) >= 11 is 0. The molecule has 1 aliphatic heterocycles. The number of hydrogen-bond donors (Lipinski definition) is 3. The van der Waals surface area contributed by atoms with Gasteiger partial charge in [-0.25, -0.2) is 0 Å². The lowest BCUT2D eigenvalue weighted by atomic mass is 9.90. The fourth-order valence-corrected chi connectivity index (χ4v) is 2.29. The van der Waals surface area contributed by atoms with E-state index in [2.05, 4.69) is 20.8 Å². The van der Waals surface area contributed by atoms with Gasteiger partial charge < -0.3 is 10.6 Å². The van der Waals surface area contributed by atoms with E-state index in [1.807, 2.05) is 24.3 Å². The maximum atomic E-state index is 12.2. The number of carbonyl (C=O) groups excluding carboxylic acids is 1. The number of anilines is 2. The van der Waals surface area contributed by atoms with Gasteiger partial charge in [-0.05, 0) is 18.1 Å². The van der Waals surface area contributed by atoms with E-state index in [0.29, 0.717) is 5.82 Å². The zero-order valence-corrected chi connectivity index (χ0v) is 9.81. The largest absolute Gasteiger partial charge is 0.385 e. The van der Waals surface area contributed by atoms with Gasteiger partial charge >= 0.3 is 0 Å². The Hall–Kier alpha value is -2.30. The molecule has 0 saturated heterocycles. The minimum atomic E-state index is -0.106. The van der Waals surface area contributed by atoms with E-state index >= 15 is 0 Å². The van der Waals surface area contributed by atoms with Crippen molar-refractivity contribution in [1.82, 2.24) is 10.2 Å². The lowest BCUT2D eigenvalue weighted by Gasteiger charge is -2.25. The number of amides is 1. The van der Waals surface area contributed by atoms with Crippen LogP contribution in [0.4, 0.5) is 11.5 Å². The van der Waals surface area contributed by atoms with Crippen LogP contribution in [-0.2, 0) is 4.79 Å². The van der Waals surface area contributed by atoms with Gasteiger partial charge in [0.2, 0.25) is 5.91 Å². The number of rotatable bonds is 2. The third-order valence-electron chi connectivity index (χ3n) is 3.16. The summed E-state index contributed by atoms with van der Waals surface area (Å²) in [6, 6.07) is 9.68. The Balaban J connectivity index is 1.83. The second-order valence-electron chi connectivity index (χ2n) is 4.31. The first-order chi connectivity index (χ1) is 8.84. The molecule has 0 aliphatic carbocycles. The predicted octanol–water partition coefficient (Wildman–Crippen LogP) is 1.95. The minimum Gasteiger partial charge on any atom is -0.385 e. The maximum absolute atomic E-state index is 12.2. The molecule has 2 heterocycles. The molecule has 5 heteroatoms. The quantitative estimate of drug-likeness (QED) is 0.753. The number of nitrogens with zero attached hydrogens (tertiary/aromatic N) is 1. The van der Waals surface area contributed by atoms with Crippen LogP contribution in [-0.4, -0.2) is 22.6 Å². The second-order valence-corrected chi connectivity index (χ2v) is 4.31. The molecule has 92 valence electrons. The van der Waals surface area contributed by atoms with Crippen LogP contribution < -0.4 is 10.6 Å². The summed E-state index contributed by atoms with van der Waals surface area (Å²) in [5.74, 6) is 0.537. The molecule has 2 aromatic rings. The second kappa shape index (κ2) is 4.52. The number of nitrogens with one attached hydrogen (secondary N) is 3. The Labute approximate surface area is 105 Å². The fourth-order valence-electron chi connectivity index (χ4n) is 2.29. The summed E-state index contributed by atoms with van der Waals surface area (Å²) in [7, 11) is 0. The van der Waals surface area contributed by atoms with Crippen LogP contribution in [0.2, 0.25) is 0 Å². The first-order valence-corrected chi connectivity index (χ1v) is 5.97. The molecule has 3 N–H and O–H groups in total. The molecule has 1 amide bonds. The summed E-state index contributed by atoms with van der Waals surface area (Å²) in [5, 5.41) is 12.7. The number of hydrogen-bond acceptors (Lipinski definition) is 3. The minimum absolute atomic E-state index is 0.00759. The lowest BCUT2D eigenvalue weighted by Crippen LogP contribution is -2.27. The average molecular weight is 242 g/mol. The van der Waals surface area contributed by atoms with Crippen LogP contribution in [0.25, 0.3) is 0 Å². The zero-order valence-electron chi connectivity index (χ0n) is 9.81. The van der Waals surface area contributed by atoms with Crippen molar-refractivity contribution in [3.05, 3.63) is 42.1 Å². The van der Waals surface area contributed by atoms with Crippen LogP contribution in [0.5, 0.6) is 0 Å². The molecule has 0 bridgehead atoms. The SMILES string of the molecule is O=C(Nc1ccn[nH]1)C1CCNc2ccccc21. The van der Waals surface area contributed by atoms with Crippen molar-refractivity contribution < 1.29 is 4.79 Å². The smallest absolute Gasteiger partial charge is 0.233 e. The predicted molar refractivity (Wildman–Crippen MR) is 69.5 cm³/mol. The van der Waals surface area contributed by atoms with Gasteiger partial charge in [-0.2, -0.15) is 5.10 Å². The van der Waals surface area contributed by atoms with E-state index in [9.17, 15) is 4.79 Å². The van der Waals surface area contributed by atoms with Gasteiger partial charge in [0.25, 0.3) is 0 Å². The molecular weight excluding hydrogens is 228 g/mol. The number of aromatic nitrogens is 2. The van der Waals surface area contributed by atoms with Gasteiger partial charge in [-0.1, -0.05) is 18.2 Å². The Morgan fingerprint density at radius 2 is 2.22 bits per heavy atom. The first-order valence-electron chi connectivity index (χ1n) is 5.97. The first kappa shape index (κ1) is 10.8.